The van der Waals surface area contributed by atoms with Crippen LogP contribution in [0.15, 0.2) is 15.1 Å². The van der Waals surface area contributed by atoms with E-state index in [9.17, 15) is 4.79 Å². The van der Waals surface area contributed by atoms with E-state index in [1.807, 2.05) is 6.92 Å². The second kappa shape index (κ2) is 8.21. The van der Waals surface area contributed by atoms with Gasteiger partial charge in [-0.3, -0.25) is 14.6 Å². The Morgan fingerprint density at radius 2 is 2.00 bits per heavy atom. The van der Waals surface area contributed by atoms with Crippen molar-refractivity contribution in [2.75, 3.05) is 38.0 Å². The summed E-state index contributed by atoms with van der Waals surface area (Å²) in [7, 11) is 0. The average Bonchev–Trinajstić information content (AvgIpc) is 3.14. The highest BCUT2D eigenvalue weighted by molar-refractivity contribution is 5.91. The first-order chi connectivity index (χ1) is 12.1. The maximum absolute atomic E-state index is 12.1. The van der Waals surface area contributed by atoms with Gasteiger partial charge in [0.25, 0.3) is 0 Å². The zero-order chi connectivity index (χ0) is 17.6. The molecule has 0 saturated carbocycles. The normalized spacial score (nSPS) is 16.7. The van der Waals surface area contributed by atoms with Gasteiger partial charge in [0.15, 0.2) is 11.6 Å². The summed E-state index contributed by atoms with van der Waals surface area (Å²) < 4.78 is 10.1. The van der Waals surface area contributed by atoms with E-state index >= 15 is 0 Å². The average molecular weight is 348 g/mol. The summed E-state index contributed by atoms with van der Waals surface area (Å²) in [6, 6.07) is 1.71. The lowest BCUT2D eigenvalue weighted by Crippen LogP contribution is -2.36. The van der Waals surface area contributed by atoms with Crippen molar-refractivity contribution in [1.82, 2.24) is 25.1 Å². The lowest BCUT2D eigenvalue weighted by atomic mass is 10.3. The minimum Gasteiger partial charge on any atom is -0.360 e. The predicted molar refractivity (Wildman–Crippen MR) is 89.9 cm³/mol. The molecule has 136 valence electrons. The minimum absolute atomic E-state index is 0.0764. The molecule has 3 heterocycles. The van der Waals surface area contributed by atoms with E-state index in [-0.39, 0.29) is 5.91 Å². The Hall–Kier alpha value is -2.26. The summed E-state index contributed by atoms with van der Waals surface area (Å²) >= 11 is 0. The van der Waals surface area contributed by atoms with Gasteiger partial charge in [-0.05, 0) is 26.4 Å². The summed E-state index contributed by atoms with van der Waals surface area (Å²) in [4.78, 5) is 20.9. The first-order valence-corrected chi connectivity index (χ1v) is 8.61. The van der Waals surface area contributed by atoms with E-state index in [1.54, 1.807) is 13.0 Å². The van der Waals surface area contributed by atoms with Gasteiger partial charge in [0, 0.05) is 25.6 Å². The molecule has 0 spiro atoms. The number of amides is 1. The molecule has 1 amide bonds. The molecule has 9 nitrogen and oxygen atoms in total. The molecule has 0 unspecified atom stereocenters. The van der Waals surface area contributed by atoms with E-state index in [2.05, 4.69) is 30.4 Å². The highest BCUT2D eigenvalue weighted by atomic mass is 16.5. The number of nitrogens with one attached hydrogen (secondary N) is 1. The van der Waals surface area contributed by atoms with Crippen molar-refractivity contribution in [3.05, 3.63) is 23.5 Å². The lowest BCUT2D eigenvalue weighted by molar-refractivity contribution is -0.117. The van der Waals surface area contributed by atoms with Gasteiger partial charge in [-0.15, -0.1) is 0 Å². The number of hydrogen-bond donors (Lipinski definition) is 1. The van der Waals surface area contributed by atoms with Crippen molar-refractivity contribution in [1.29, 1.82) is 0 Å². The zero-order valence-electron chi connectivity index (χ0n) is 14.7. The Labute approximate surface area is 146 Å². The largest absolute Gasteiger partial charge is 0.360 e. The second-order valence-corrected chi connectivity index (χ2v) is 6.23. The second-order valence-electron chi connectivity index (χ2n) is 6.23. The predicted octanol–water partition coefficient (Wildman–Crippen LogP) is 1.07. The van der Waals surface area contributed by atoms with Gasteiger partial charge in [0.05, 0.1) is 13.1 Å². The van der Waals surface area contributed by atoms with Crippen molar-refractivity contribution < 1.29 is 13.8 Å². The topological polar surface area (TPSA) is 101 Å². The monoisotopic (exact) mass is 348 g/mol. The van der Waals surface area contributed by atoms with Gasteiger partial charge in [-0.1, -0.05) is 17.2 Å². The molecular weight excluding hydrogens is 324 g/mol. The van der Waals surface area contributed by atoms with E-state index < -0.39 is 0 Å². The van der Waals surface area contributed by atoms with Gasteiger partial charge in [-0.2, -0.15) is 4.98 Å². The minimum atomic E-state index is -0.0764. The third kappa shape index (κ3) is 5.10. The molecule has 2 aromatic rings. The molecule has 1 aliphatic rings. The number of aromatic nitrogens is 3. The molecule has 9 heteroatoms. The molecule has 0 radical (unpaired) electrons. The highest BCUT2D eigenvalue weighted by Gasteiger charge is 2.19. The molecule has 1 N–H and O–H groups in total. The van der Waals surface area contributed by atoms with Crippen LogP contribution in [-0.4, -0.2) is 63.7 Å². The van der Waals surface area contributed by atoms with Crippen LogP contribution in [0.3, 0.4) is 0 Å². The van der Waals surface area contributed by atoms with Crippen molar-refractivity contribution in [3.8, 4) is 0 Å². The molecule has 1 aliphatic heterocycles. The quantitative estimate of drug-likeness (QED) is 0.827. The molecule has 0 bridgehead atoms. The Kier molecular flexibility index (Phi) is 5.77. The van der Waals surface area contributed by atoms with Crippen LogP contribution in [-0.2, 0) is 17.8 Å². The van der Waals surface area contributed by atoms with E-state index in [1.165, 1.54) is 0 Å². The zero-order valence-corrected chi connectivity index (χ0v) is 14.7. The van der Waals surface area contributed by atoms with E-state index in [4.69, 9.17) is 9.05 Å². The van der Waals surface area contributed by atoms with E-state index in [0.29, 0.717) is 30.6 Å². The fraction of sp³-hybridized carbons (Fsp3) is 0.625. The fourth-order valence-electron chi connectivity index (χ4n) is 2.85. The maximum Gasteiger partial charge on any atom is 0.239 e. The van der Waals surface area contributed by atoms with Gasteiger partial charge in [-0.25, -0.2) is 0 Å². The molecule has 0 aromatic carbocycles. The molecule has 25 heavy (non-hydrogen) atoms. The number of carbonyl (C=O) groups is 1. The summed E-state index contributed by atoms with van der Waals surface area (Å²) in [5.74, 6) is 2.46. The molecule has 2 aromatic heterocycles. The number of rotatable bonds is 6. The van der Waals surface area contributed by atoms with Crippen LogP contribution in [0.2, 0.25) is 0 Å². The lowest BCUT2D eigenvalue weighted by Gasteiger charge is -2.20. The number of hydrogen-bond acceptors (Lipinski definition) is 8. The number of carbonyl (C=O) groups excluding carboxylic acids is 1. The maximum atomic E-state index is 12.1. The third-order valence-electron chi connectivity index (χ3n) is 4.12. The van der Waals surface area contributed by atoms with Crippen molar-refractivity contribution in [2.45, 2.75) is 33.2 Å². The molecule has 1 saturated heterocycles. The van der Waals surface area contributed by atoms with Crippen LogP contribution in [0.4, 0.5) is 5.82 Å². The Bertz CT molecular complexity index is 698. The summed E-state index contributed by atoms with van der Waals surface area (Å²) in [6.45, 7) is 8.34. The first-order valence-electron chi connectivity index (χ1n) is 8.61. The SMILES string of the molecule is CCc1nc(CN2CCCN(CC(=O)Nc3cc(C)on3)CC2)no1. The molecule has 3 rings (SSSR count). The fourth-order valence-corrected chi connectivity index (χ4v) is 2.85. The van der Waals surface area contributed by atoms with Crippen LogP contribution in [0.1, 0.15) is 30.8 Å². The molecule has 0 aliphatic carbocycles. The highest BCUT2D eigenvalue weighted by Crippen LogP contribution is 2.09. The first kappa shape index (κ1) is 17.6. The van der Waals surface area contributed by atoms with Crippen LogP contribution < -0.4 is 5.32 Å². The Morgan fingerprint density at radius 1 is 1.20 bits per heavy atom. The molecule has 0 atom stereocenters. The van der Waals surface area contributed by atoms with Gasteiger partial charge < -0.3 is 14.4 Å². The standard InChI is InChI=1S/C16H24N6O3/c1-3-16-18-14(20-25-16)10-21-5-4-6-22(8-7-21)11-15(23)17-13-9-12(2)24-19-13/h9H,3-8,10-11H2,1-2H3,(H,17,19,23). The summed E-state index contributed by atoms with van der Waals surface area (Å²) in [6.07, 6.45) is 1.75. The van der Waals surface area contributed by atoms with Gasteiger partial charge in [0.2, 0.25) is 11.8 Å². The van der Waals surface area contributed by atoms with Gasteiger partial charge in [0.1, 0.15) is 5.76 Å². The van der Waals surface area contributed by atoms with Crippen molar-refractivity contribution >= 4 is 11.7 Å². The molecular formula is C16H24N6O3. The Balaban J connectivity index is 1.45. The molecule has 1 fully saturated rings. The van der Waals surface area contributed by atoms with Crippen LogP contribution in [0.5, 0.6) is 0 Å². The Morgan fingerprint density at radius 3 is 2.72 bits per heavy atom. The third-order valence-corrected chi connectivity index (χ3v) is 4.12. The van der Waals surface area contributed by atoms with Crippen LogP contribution >= 0.6 is 0 Å². The summed E-state index contributed by atoms with van der Waals surface area (Å²) in [5, 5.41) is 10.5. The van der Waals surface area contributed by atoms with Crippen molar-refractivity contribution in [2.24, 2.45) is 0 Å². The van der Waals surface area contributed by atoms with Crippen LogP contribution in [0, 0.1) is 6.92 Å². The number of aryl methyl sites for hydroxylation is 2. The van der Waals surface area contributed by atoms with Crippen molar-refractivity contribution in [3.63, 3.8) is 0 Å². The smallest absolute Gasteiger partial charge is 0.239 e. The number of nitrogens with zero attached hydrogens (tertiary/aromatic N) is 5. The van der Waals surface area contributed by atoms with E-state index in [0.717, 1.165) is 44.8 Å². The van der Waals surface area contributed by atoms with Gasteiger partial charge >= 0.3 is 0 Å². The van der Waals surface area contributed by atoms with Crippen LogP contribution in [0.25, 0.3) is 0 Å². The summed E-state index contributed by atoms with van der Waals surface area (Å²) in [5.41, 5.74) is 0. The number of anilines is 1.